The van der Waals surface area contributed by atoms with Gasteiger partial charge in [0.05, 0.1) is 6.10 Å². The molecular formula is C33H41NO2. The van der Waals surface area contributed by atoms with Gasteiger partial charge in [-0.25, -0.2) is 0 Å². The van der Waals surface area contributed by atoms with Gasteiger partial charge in [-0.2, -0.15) is 0 Å². The van der Waals surface area contributed by atoms with Crippen molar-refractivity contribution >= 4 is 0 Å². The van der Waals surface area contributed by atoms with Crippen LogP contribution in [0.25, 0.3) is 0 Å². The highest BCUT2D eigenvalue weighted by Crippen LogP contribution is 2.42. The molecule has 3 aromatic carbocycles. The average molecular weight is 484 g/mol. The lowest BCUT2D eigenvalue weighted by molar-refractivity contribution is -0.00866. The van der Waals surface area contributed by atoms with Gasteiger partial charge in [0.15, 0.2) is 0 Å². The molecule has 1 N–H and O–H groups in total. The highest BCUT2D eigenvalue weighted by atomic mass is 16.5. The summed E-state index contributed by atoms with van der Waals surface area (Å²) >= 11 is 0. The quantitative estimate of drug-likeness (QED) is 0.367. The van der Waals surface area contributed by atoms with Gasteiger partial charge in [0.1, 0.15) is 5.60 Å². The summed E-state index contributed by atoms with van der Waals surface area (Å²) in [5, 5.41) is 12.1. The Morgan fingerprint density at radius 3 is 1.83 bits per heavy atom. The van der Waals surface area contributed by atoms with E-state index in [2.05, 4.69) is 86.5 Å². The Kier molecular flexibility index (Phi) is 8.33. The van der Waals surface area contributed by atoms with Crippen molar-refractivity contribution in [2.75, 3.05) is 20.2 Å². The van der Waals surface area contributed by atoms with Crippen molar-refractivity contribution in [2.45, 2.75) is 57.2 Å². The van der Waals surface area contributed by atoms with Gasteiger partial charge in [-0.1, -0.05) is 112 Å². The van der Waals surface area contributed by atoms with Gasteiger partial charge in [0.2, 0.25) is 0 Å². The van der Waals surface area contributed by atoms with Gasteiger partial charge >= 0.3 is 0 Å². The first-order chi connectivity index (χ1) is 17.3. The first kappa shape index (κ1) is 26.2. The van der Waals surface area contributed by atoms with E-state index in [1.165, 1.54) is 11.1 Å². The van der Waals surface area contributed by atoms with Crippen molar-refractivity contribution in [3.63, 3.8) is 0 Å². The van der Waals surface area contributed by atoms with Crippen LogP contribution in [0.1, 0.15) is 68.4 Å². The van der Waals surface area contributed by atoms with Gasteiger partial charge in [0.25, 0.3) is 0 Å². The molecule has 3 aromatic rings. The maximum atomic E-state index is 12.1. The van der Waals surface area contributed by atoms with E-state index in [0.29, 0.717) is 0 Å². The fraction of sp³-hybridized carbons (Fsp3) is 0.394. The van der Waals surface area contributed by atoms with Crippen LogP contribution in [0.4, 0.5) is 0 Å². The highest BCUT2D eigenvalue weighted by Gasteiger charge is 2.41. The second kappa shape index (κ2) is 11.5. The number of piperidine rings is 1. The van der Waals surface area contributed by atoms with E-state index in [0.717, 1.165) is 43.5 Å². The zero-order valence-corrected chi connectivity index (χ0v) is 22.2. The first-order valence-corrected chi connectivity index (χ1v) is 13.2. The molecule has 0 spiro atoms. The van der Waals surface area contributed by atoms with Crippen molar-refractivity contribution < 1.29 is 9.84 Å². The smallest absolute Gasteiger partial charge is 0.118 e. The van der Waals surface area contributed by atoms with Crippen LogP contribution in [0.15, 0.2) is 97.2 Å². The Labute approximate surface area is 217 Å². The van der Waals surface area contributed by atoms with Crippen LogP contribution in [-0.2, 0) is 15.8 Å². The maximum absolute atomic E-state index is 12.1. The second-order valence-electron chi connectivity index (χ2n) is 11.0. The Bertz CT molecular complexity index is 1050. The number of likely N-dealkylation sites (tertiary alicyclic amines) is 1. The van der Waals surface area contributed by atoms with Crippen molar-refractivity contribution in [1.82, 2.24) is 4.90 Å². The topological polar surface area (TPSA) is 32.7 Å². The monoisotopic (exact) mass is 483 g/mol. The predicted octanol–water partition coefficient (Wildman–Crippen LogP) is 7.22. The molecule has 3 heteroatoms. The maximum Gasteiger partial charge on any atom is 0.118 e. The molecule has 1 unspecified atom stereocenters. The highest BCUT2D eigenvalue weighted by molar-refractivity contribution is 5.37. The summed E-state index contributed by atoms with van der Waals surface area (Å²) in [5.41, 5.74) is 3.69. The molecule has 0 bridgehead atoms. The van der Waals surface area contributed by atoms with Crippen molar-refractivity contribution in [3.8, 4) is 0 Å². The minimum Gasteiger partial charge on any atom is -0.380 e. The zero-order chi connectivity index (χ0) is 25.6. The van der Waals surface area contributed by atoms with Crippen molar-refractivity contribution in [2.24, 2.45) is 5.92 Å². The van der Waals surface area contributed by atoms with E-state index >= 15 is 0 Å². The molecule has 1 heterocycles. The van der Waals surface area contributed by atoms with Gasteiger partial charge in [-0.05, 0) is 59.0 Å². The third kappa shape index (κ3) is 5.91. The number of ether oxygens (including phenoxy) is 1. The standard InChI is InChI=1S/C33H41NO2/c1-32(2,3)27-19-17-26(18-20-27)31(36-4)16-11-23-34-24-21-30(22-25-34)33(35,28-12-7-5-8-13-28)29-14-9-6-10-15-29/h5-15,17-20,23,30-31,35H,16,21-22,24-25H2,1-4H3. The van der Waals surface area contributed by atoms with Crippen molar-refractivity contribution in [1.29, 1.82) is 0 Å². The van der Waals surface area contributed by atoms with Gasteiger partial charge in [-0.3, -0.25) is 0 Å². The van der Waals surface area contributed by atoms with E-state index in [4.69, 9.17) is 4.74 Å². The van der Waals surface area contributed by atoms with Crippen LogP contribution in [0.2, 0.25) is 0 Å². The summed E-state index contributed by atoms with van der Waals surface area (Å²) in [5.74, 6) is 0.167. The summed E-state index contributed by atoms with van der Waals surface area (Å²) in [6.07, 6.45) is 7.21. The number of methoxy groups -OCH3 is 1. The molecule has 4 rings (SSSR count). The molecule has 36 heavy (non-hydrogen) atoms. The van der Waals surface area contributed by atoms with Gasteiger partial charge in [-0.15, -0.1) is 0 Å². The molecule has 1 saturated heterocycles. The molecule has 190 valence electrons. The molecule has 1 aliphatic rings. The van der Waals surface area contributed by atoms with E-state index in [1.54, 1.807) is 7.11 Å². The van der Waals surface area contributed by atoms with E-state index < -0.39 is 5.60 Å². The Morgan fingerprint density at radius 1 is 0.833 bits per heavy atom. The molecule has 0 saturated carbocycles. The number of rotatable bonds is 8. The average Bonchev–Trinajstić information content (AvgIpc) is 2.91. The van der Waals surface area contributed by atoms with Crippen LogP contribution in [0.3, 0.4) is 0 Å². The summed E-state index contributed by atoms with van der Waals surface area (Å²) < 4.78 is 5.81. The Balaban J connectivity index is 1.39. The molecular weight excluding hydrogens is 442 g/mol. The largest absolute Gasteiger partial charge is 0.380 e. The van der Waals surface area contributed by atoms with Crippen LogP contribution < -0.4 is 0 Å². The molecule has 0 aliphatic carbocycles. The van der Waals surface area contributed by atoms with Gasteiger partial charge < -0.3 is 14.7 Å². The molecule has 0 radical (unpaired) electrons. The van der Waals surface area contributed by atoms with Crippen LogP contribution >= 0.6 is 0 Å². The molecule has 1 fully saturated rings. The number of hydrogen-bond donors (Lipinski definition) is 1. The number of benzene rings is 3. The molecule has 1 atom stereocenters. The first-order valence-electron chi connectivity index (χ1n) is 13.2. The number of aliphatic hydroxyl groups is 1. The van der Waals surface area contributed by atoms with Crippen molar-refractivity contribution in [3.05, 3.63) is 119 Å². The molecule has 3 nitrogen and oxygen atoms in total. The van der Waals surface area contributed by atoms with E-state index in [1.807, 2.05) is 36.4 Å². The number of hydrogen-bond acceptors (Lipinski definition) is 3. The number of nitrogens with zero attached hydrogens (tertiary/aromatic N) is 1. The van der Waals surface area contributed by atoms with E-state index in [-0.39, 0.29) is 17.4 Å². The Morgan fingerprint density at radius 2 is 1.36 bits per heavy atom. The third-order valence-corrected chi connectivity index (χ3v) is 7.65. The lowest BCUT2D eigenvalue weighted by Crippen LogP contribution is -2.43. The minimum atomic E-state index is -0.974. The fourth-order valence-corrected chi connectivity index (χ4v) is 5.39. The molecule has 1 aliphatic heterocycles. The Hall–Kier alpha value is -2.88. The van der Waals surface area contributed by atoms with Crippen LogP contribution in [-0.4, -0.2) is 30.2 Å². The zero-order valence-electron chi connectivity index (χ0n) is 22.2. The lowest BCUT2D eigenvalue weighted by atomic mass is 9.72. The second-order valence-corrected chi connectivity index (χ2v) is 11.0. The predicted molar refractivity (Wildman–Crippen MR) is 149 cm³/mol. The van der Waals surface area contributed by atoms with E-state index in [9.17, 15) is 5.11 Å². The third-order valence-electron chi connectivity index (χ3n) is 7.65. The normalized spacial score (nSPS) is 16.4. The fourth-order valence-electron chi connectivity index (χ4n) is 5.39. The lowest BCUT2D eigenvalue weighted by Gasteiger charge is -2.42. The van der Waals surface area contributed by atoms with Gasteiger partial charge in [0, 0.05) is 20.2 Å². The summed E-state index contributed by atoms with van der Waals surface area (Å²) in [6, 6.07) is 29.1. The van der Waals surface area contributed by atoms with Crippen LogP contribution in [0.5, 0.6) is 0 Å². The minimum absolute atomic E-state index is 0.0501. The molecule has 0 amide bonds. The summed E-state index contributed by atoms with van der Waals surface area (Å²) in [7, 11) is 1.79. The van der Waals surface area contributed by atoms with Crippen LogP contribution in [0, 0.1) is 5.92 Å². The summed E-state index contributed by atoms with van der Waals surface area (Å²) in [4.78, 5) is 2.38. The summed E-state index contributed by atoms with van der Waals surface area (Å²) in [6.45, 7) is 8.58. The molecule has 0 aromatic heterocycles. The SMILES string of the molecule is COC(CC=CN1CCC(C(O)(c2ccccc2)c2ccccc2)CC1)c1ccc(C(C)(C)C)cc1.